The Balaban J connectivity index is 1.56. The molecular weight excluding hydrogens is 321 g/mol. The van der Waals surface area contributed by atoms with E-state index in [0.29, 0.717) is 18.1 Å². The van der Waals surface area contributed by atoms with Gasteiger partial charge in [0.1, 0.15) is 11.6 Å². The van der Waals surface area contributed by atoms with Crippen LogP contribution in [0.4, 0.5) is 10.2 Å². The lowest BCUT2D eigenvalue weighted by molar-refractivity contribution is -0.118. The topological polar surface area (TPSA) is 56.1 Å². The van der Waals surface area contributed by atoms with Crippen molar-refractivity contribution in [2.75, 3.05) is 11.9 Å². The molecule has 0 spiro atoms. The summed E-state index contributed by atoms with van der Waals surface area (Å²) in [7, 11) is 0. The van der Waals surface area contributed by atoms with Gasteiger partial charge in [-0.15, -0.1) is 0 Å². The Morgan fingerprint density at radius 1 is 1.16 bits per heavy atom. The molecule has 3 aromatic rings. The number of hydrogen-bond donors (Lipinski definition) is 1. The SMILES string of the molecule is Cc1cc(NC(=O)COc2ccc(F)cc2)nn1Cc1ccccc1. The van der Waals surface area contributed by atoms with E-state index in [9.17, 15) is 9.18 Å². The lowest BCUT2D eigenvalue weighted by atomic mass is 10.2. The fourth-order valence-corrected chi connectivity index (χ4v) is 2.35. The number of carbonyl (C=O) groups is 1. The predicted octanol–water partition coefficient (Wildman–Crippen LogP) is 3.40. The van der Waals surface area contributed by atoms with Gasteiger partial charge in [-0.05, 0) is 36.8 Å². The monoisotopic (exact) mass is 339 g/mol. The molecule has 128 valence electrons. The summed E-state index contributed by atoms with van der Waals surface area (Å²) in [6, 6.07) is 17.3. The van der Waals surface area contributed by atoms with Crippen LogP contribution in [-0.2, 0) is 11.3 Å². The largest absolute Gasteiger partial charge is 0.484 e. The quantitative estimate of drug-likeness (QED) is 0.749. The maximum Gasteiger partial charge on any atom is 0.263 e. The van der Waals surface area contributed by atoms with Gasteiger partial charge in [-0.1, -0.05) is 30.3 Å². The third kappa shape index (κ3) is 4.67. The van der Waals surface area contributed by atoms with Crippen molar-refractivity contribution in [3.63, 3.8) is 0 Å². The molecule has 3 rings (SSSR count). The minimum absolute atomic E-state index is 0.170. The van der Waals surface area contributed by atoms with Crippen LogP contribution >= 0.6 is 0 Å². The molecule has 1 heterocycles. The molecule has 1 aromatic heterocycles. The minimum atomic E-state index is -0.351. The molecule has 0 aliphatic carbocycles. The van der Waals surface area contributed by atoms with E-state index >= 15 is 0 Å². The van der Waals surface area contributed by atoms with Crippen LogP contribution in [0.5, 0.6) is 5.75 Å². The number of hydrogen-bond acceptors (Lipinski definition) is 3. The number of carbonyl (C=O) groups excluding carboxylic acids is 1. The van der Waals surface area contributed by atoms with Crippen LogP contribution in [0.2, 0.25) is 0 Å². The molecular formula is C19H18FN3O2. The number of nitrogens with zero attached hydrogens (tertiary/aromatic N) is 2. The highest BCUT2D eigenvalue weighted by Crippen LogP contribution is 2.13. The fraction of sp³-hybridized carbons (Fsp3) is 0.158. The van der Waals surface area contributed by atoms with Gasteiger partial charge in [-0.2, -0.15) is 5.10 Å². The van der Waals surface area contributed by atoms with Gasteiger partial charge in [-0.3, -0.25) is 9.48 Å². The molecule has 0 unspecified atom stereocenters. The lowest BCUT2D eigenvalue weighted by Gasteiger charge is -2.06. The number of ether oxygens (including phenoxy) is 1. The van der Waals surface area contributed by atoms with Gasteiger partial charge < -0.3 is 10.1 Å². The molecule has 0 saturated carbocycles. The molecule has 25 heavy (non-hydrogen) atoms. The average molecular weight is 339 g/mol. The van der Waals surface area contributed by atoms with Crippen molar-refractivity contribution in [1.82, 2.24) is 9.78 Å². The molecule has 0 fully saturated rings. The van der Waals surface area contributed by atoms with Gasteiger partial charge >= 0.3 is 0 Å². The third-order valence-electron chi connectivity index (χ3n) is 3.61. The van der Waals surface area contributed by atoms with E-state index in [0.717, 1.165) is 11.3 Å². The van der Waals surface area contributed by atoms with Gasteiger partial charge in [0.25, 0.3) is 5.91 Å². The van der Waals surface area contributed by atoms with Crippen LogP contribution in [-0.4, -0.2) is 22.3 Å². The molecule has 1 amide bonds. The molecule has 0 radical (unpaired) electrons. The molecule has 0 aliphatic heterocycles. The Morgan fingerprint density at radius 2 is 1.88 bits per heavy atom. The molecule has 1 N–H and O–H groups in total. The van der Waals surface area contributed by atoms with E-state index in [1.165, 1.54) is 24.3 Å². The molecule has 0 bridgehead atoms. The first-order chi connectivity index (χ1) is 12.1. The van der Waals surface area contributed by atoms with Crippen LogP contribution in [0, 0.1) is 12.7 Å². The Kier molecular flexibility index (Phi) is 5.09. The number of anilines is 1. The number of nitrogens with one attached hydrogen (secondary N) is 1. The van der Waals surface area contributed by atoms with Crippen molar-refractivity contribution < 1.29 is 13.9 Å². The van der Waals surface area contributed by atoms with Crippen molar-refractivity contribution in [2.24, 2.45) is 0 Å². The summed E-state index contributed by atoms with van der Waals surface area (Å²) in [4.78, 5) is 12.0. The third-order valence-corrected chi connectivity index (χ3v) is 3.61. The number of amides is 1. The highest BCUT2D eigenvalue weighted by molar-refractivity contribution is 5.90. The zero-order valence-electron chi connectivity index (χ0n) is 13.8. The Hall–Kier alpha value is -3.15. The van der Waals surface area contributed by atoms with Gasteiger partial charge in [0.15, 0.2) is 12.4 Å². The molecule has 0 saturated heterocycles. The van der Waals surface area contributed by atoms with E-state index in [1.54, 1.807) is 6.07 Å². The predicted molar refractivity (Wildman–Crippen MR) is 93.0 cm³/mol. The van der Waals surface area contributed by atoms with Gasteiger partial charge in [0, 0.05) is 11.8 Å². The maximum absolute atomic E-state index is 12.8. The zero-order valence-corrected chi connectivity index (χ0v) is 13.8. The van der Waals surface area contributed by atoms with Crippen LogP contribution in [0.25, 0.3) is 0 Å². The molecule has 0 aliphatic rings. The number of rotatable bonds is 6. The first-order valence-corrected chi connectivity index (χ1v) is 7.87. The molecule has 5 nitrogen and oxygen atoms in total. The van der Waals surface area contributed by atoms with Crippen LogP contribution < -0.4 is 10.1 Å². The van der Waals surface area contributed by atoms with E-state index < -0.39 is 0 Å². The molecule has 6 heteroatoms. The second kappa shape index (κ2) is 7.61. The minimum Gasteiger partial charge on any atom is -0.484 e. The van der Waals surface area contributed by atoms with Gasteiger partial charge in [0.2, 0.25) is 0 Å². The lowest BCUT2D eigenvalue weighted by Crippen LogP contribution is -2.20. The Labute approximate surface area is 145 Å². The number of benzene rings is 2. The highest BCUT2D eigenvalue weighted by atomic mass is 19.1. The van der Waals surface area contributed by atoms with Crippen LogP contribution in [0.3, 0.4) is 0 Å². The van der Waals surface area contributed by atoms with E-state index in [-0.39, 0.29) is 18.3 Å². The second-order valence-corrected chi connectivity index (χ2v) is 5.60. The summed E-state index contributed by atoms with van der Waals surface area (Å²) in [5.74, 6) is 0.230. The summed E-state index contributed by atoms with van der Waals surface area (Å²) >= 11 is 0. The fourth-order valence-electron chi connectivity index (χ4n) is 2.35. The first-order valence-electron chi connectivity index (χ1n) is 7.87. The average Bonchev–Trinajstić information content (AvgIpc) is 2.94. The van der Waals surface area contributed by atoms with Gasteiger partial charge in [-0.25, -0.2) is 4.39 Å². The van der Waals surface area contributed by atoms with Crippen molar-refractivity contribution in [2.45, 2.75) is 13.5 Å². The summed E-state index contributed by atoms with van der Waals surface area (Å²) in [6.07, 6.45) is 0. The van der Waals surface area contributed by atoms with E-state index in [4.69, 9.17) is 4.74 Å². The summed E-state index contributed by atoms with van der Waals surface area (Å²) < 4.78 is 20.0. The number of halogens is 1. The smallest absolute Gasteiger partial charge is 0.263 e. The van der Waals surface area contributed by atoms with Crippen molar-refractivity contribution in [3.8, 4) is 5.75 Å². The zero-order chi connectivity index (χ0) is 17.6. The summed E-state index contributed by atoms with van der Waals surface area (Å²) in [5.41, 5.74) is 2.07. The van der Waals surface area contributed by atoms with Gasteiger partial charge in [0.05, 0.1) is 6.54 Å². The van der Waals surface area contributed by atoms with Crippen LogP contribution in [0.15, 0.2) is 60.7 Å². The second-order valence-electron chi connectivity index (χ2n) is 5.60. The van der Waals surface area contributed by atoms with Crippen molar-refractivity contribution in [1.29, 1.82) is 0 Å². The van der Waals surface area contributed by atoms with Crippen molar-refractivity contribution in [3.05, 3.63) is 77.7 Å². The van der Waals surface area contributed by atoms with Crippen molar-refractivity contribution >= 4 is 11.7 Å². The summed E-state index contributed by atoms with van der Waals surface area (Å²) in [5, 5.41) is 7.09. The van der Waals surface area contributed by atoms with E-state index in [2.05, 4.69) is 10.4 Å². The van der Waals surface area contributed by atoms with E-state index in [1.807, 2.05) is 41.9 Å². The molecule has 2 aromatic carbocycles. The molecule has 0 atom stereocenters. The normalized spacial score (nSPS) is 10.5. The highest BCUT2D eigenvalue weighted by Gasteiger charge is 2.09. The standard InChI is InChI=1S/C19H18FN3O2/c1-14-11-18(22-23(14)12-15-5-3-2-4-6-15)21-19(24)13-25-17-9-7-16(20)8-10-17/h2-11H,12-13H2,1H3,(H,21,22,24). The maximum atomic E-state index is 12.8. The number of aryl methyl sites for hydroxylation is 1. The Bertz CT molecular complexity index is 845. The number of aromatic nitrogens is 2. The van der Waals surface area contributed by atoms with Crippen LogP contribution in [0.1, 0.15) is 11.3 Å². The first kappa shape index (κ1) is 16.7. The summed E-state index contributed by atoms with van der Waals surface area (Å²) in [6.45, 7) is 2.39. The Morgan fingerprint density at radius 3 is 2.60 bits per heavy atom.